The second-order valence-electron chi connectivity index (χ2n) is 8.09. The highest BCUT2D eigenvalue weighted by Crippen LogP contribution is 2.29. The quantitative estimate of drug-likeness (QED) is 0.802. The third-order valence-electron chi connectivity index (χ3n) is 3.48. The van der Waals surface area contributed by atoms with E-state index in [-0.39, 0.29) is 18.4 Å². The fourth-order valence-corrected chi connectivity index (χ4v) is 2.72. The van der Waals surface area contributed by atoms with Gasteiger partial charge in [-0.25, -0.2) is 4.79 Å². The van der Waals surface area contributed by atoms with E-state index < -0.39 is 17.3 Å². The monoisotopic (exact) mass is 313 g/mol. The highest BCUT2D eigenvalue weighted by atomic mass is 16.6. The largest absolute Gasteiger partial charge is 0.460 e. The van der Waals surface area contributed by atoms with Gasteiger partial charge in [0.15, 0.2) is 0 Å². The Balaban J connectivity index is 2.64. The first kappa shape index (κ1) is 18.8. The van der Waals surface area contributed by atoms with Crippen LogP contribution in [0.25, 0.3) is 0 Å². The van der Waals surface area contributed by atoms with Crippen LogP contribution in [0.3, 0.4) is 0 Å². The van der Waals surface area contributed by atoms with Gasteiger partial charge in [-0.3, -0.25) is 4.79 Å². The van der Waals surface area contributed by atoms with Crippen molar-refractivity contribution in [3.8, 4) is 0 Å². The van der Waals surface area contributed by atoms with Gasteiger partial charge in [0.05, 0.1) is 6.42 Å². The minimum atomic E-state index is -0.545. The minimum absolute atomic E-state index is 0.196. The molecule has 1 fully saturated rings. The highest BCUT2D eigenvalue weighted by molar-refractivity contribution is 5.73. The fourth-order valence-electron chi connectivity index (χ4n) is 2.72. The summed E-state index contributed by atoms with van der Waals surface area (Å²) in [7, 11) is 0. The number of hydrogen-bond acceptors (Lipinski definition) is 4. The van der Waals surface area contributed by atoms with Crippen molar-refractivity contribution in [2.45, 2.75) is 90.9 Å². The van der Waals surface area contributed by atoms with Gasteiger partial charge in [0.1, 0.15) is 11.2 Å². The molecule has 1 aliphatic rings. The number of hydrogen-bond donors (Lipinski definition) is 1. The second kappa shape index (κ2) is 7.34. The topological polar surface area (TPSA) is 64.6 Å². The molecule has 5 heteroatoms. The standard InChI is InChI=1S/C17H31NO4/c1-16(2,3)21-14(19)11-13(12-9-7-8-10-12)18-15(20)22-17(4,5)6/h12-13H,7-11H2,1-6H3,(H,18,20). The Bertz CT molecular complexity index is 356. The maximum Gasteiger partial charge on any atom is 0.407 e. The van der Waals surface area contributed by atoms with Crippen molar-refractivity contribution in [2.24, 2.45) is 5.92 Å². The van der Waals surface area contributed by atoms with Gasteiger partial charge in [0, 0.05) is 6.04 Å². The molecule has 0 heterocycles. The Hall–Kier alpha value is -1.26. The number of amides is 1. The number of carbonyl (C=O) groups is 2. The van der Waals surface area contributed by atoms with Crippen LogP contribution in [-0.2, 0) is 14.3 Å². The van der Waals surface area contributed by atoms with Crippen LogP contribution in [0.2, 0.25) is 0 Å². The molecular formula is C17H31NO4. The van der Waals surface area contributed by atoms with E-state index in [1.807, 2.05) is 41.5 Å². The predicted molar refractivity (Wildman–Crippen MR) is 85.6 cm³/mol. The summed E-state index contributed by atoms with van der Waals surface area (Å²) in [5.74, 6) is 0.0421. The lowest BCUT2D eigenvalue weighted by molar-refractivity contribution is -0.155. The van der Waals surface area contributed by atoms with Crippen molar-refractivity contribution in [3.63, 3.8) is 0 Å². The number of nitrogens with one attached hydrogen (secondary N) is 1. The Kier molecular flexibility index (Phi) is 6.27. The average molecular weight is 313 g/mol. The molecule has 0 aromatic heterocycles. The van der Waals surface area contributed by atoms with E-state index in [0.717, 1.165) is 25.7 Å². The van der Waals surface area contributed by atoms with Crippen molar-refractivity contribution < 1.29 is 19.1 Å². The maximum absolute atomic E-state index is 12.1. The smallest absolute Gasteiger partial charge is 0.407 e. The van der Waals surface area contributed by atoms with Crippen LogP contribution in [0.1, 0.15) is 73.6 Å². The average Bonchev–Trinajstić information content (AvgIpc) is 2.75. The van der Waals surface area contributed by atoms with Crippen molar-refractivity contribution in [3.05, 3.63) is 0 Å². The molecular weight excluding hydrogens is 282 g/mol. The predicted octanol–water partition coefficient (Wildman–Crippen LogP) is 3.80. The van der Waals surface area contributed by atoms with Gasteiger partial charge in [-0.05, 0) is 60.3 Å². The van der Waals surface area contributed by atoms with Crippen LogP contribution >= 0.6 is 0 Å². The molecule has 1 atom stereocenters. The molecule has 1 saturated carbocycles. The van der Waals surface area contributed by atoms with Crippen LogP contribution < -0.4 is 5.32 Å². The Labute approximate surface area is 134 Å². The first-order valence-corrected chi connectivity index (χ1v) is 8.18. The van der Waals surface area contributed by atoms with Gasteiger partial charge in [0.2, 0.25) is 0 Å². The summed E-state index contributed by atoms with van der Waals surface area (Å²) in [4.78, 5) is 24.1. The zero-order chi connectivity index (χ0) is 17.0. The molecule has 0 aliphatic heterocycles. The van der Waals surface area contributed by atoms with Crippen LogP contribution in [0.5, 0.6) is 0 Å². The van der Waals surface area contributed by atoms with Gasteiger partial charge < -0.3 is 14.8 Å². The lowest BCUT2D eigenvalue weighted by Gasteiger charge is -2.28. The second-order valence-corrected chi connectivity index (χ2v) is 8.09. The molecule has 0 aromatic carbocycles. The summed E-state index contributed by atoms with van der Waals surface area (Å²) in [6.45, 7) is 11.0. The van der Waals surface area contributed by atoms with Gasteiger partial charge in [0.25, 0.3) is 0 Å². The molecule has 1 aliphatic carbocycles. The summed E-state index contributed by atoms with van der Waals surface area (Å²) in [6.07, 6.45) is 4.08. The minimum Gasteiger partial charge on any atom is -0.460 e. The lowest BCUT2D eigenvalue weighted by atomic mass is 9.95. The summed E-state index contributed by atoms with van der Waals surface area (Å²) < 4.78 is 10.7. The van der Waals surface area contributed by atoms with Crippen LogP contribution in [0.4, 0.5) is 4.79 Å². The zero-order valence-electron chi connectivity index (χ0n) is 14.8. The summed E-state index contributed by atoms with van der Waals surface area (Å²) >= 11 is 0. The molecule has 1 N–H and O–H groups in total. The molecule has 0 saturated heterocycles. The molecule has 0 aromatic rings. The Morgan fingerprint density at radius 1 is 1.00 bits per heavy atom. The molecule has 0 bridgehead atoms. The van der Waals surface area contributed by atoms with E-state index in [1.165, 1.54) is 0 Å². The van der Waals surface area contributed by atoms with E-state index in [0.29, 0.717) is 5.92 Å². The molecule has 1 unspecified atom stereocenters. The molecule has 128 valence electrons. The van der Waals surface area contributed by atoms with Crippen molar-refractivity contribution >= 4 is 12.1 Å². The van der Waals surface area contributed by atoms with Gasteiger partial charge >= 0.3 is 12.1 Å². The van der Waals surface area contributed by atoms with Gasteiger partial charge in [-0.2, -0.15) is 0 Å². The maximum atomic E-state index is 12.1. The van der Waals surface area contributed by atoms with Gasteiger partial charge in [-0.1, -0.05) is 12.8 Å². The first-order valence-electron chi connectivity index (χ1n) is 8.18. The third-order valence-corrected chi connectivity index (χ3v) is 3.48. The van der Waals surface area contributed by atoms with E-state index >= 15 is 0 Å². The Morgan fingerprint density at radius 3 is 1.95 bits per heavy atom. The highest BCUT2D eigenvalue weighted by Gasteiger charge is 2.31. The molecule has 1 amide bonds. The zero-order valence-corrected chi connectivity index (χ0v) is 14.8. The molecule has 1 rings (SSSR count). The summed E-state index contributed by atoms with van der Waals surface area (Å²) in [5, 5.41) is 2.87. The van der Waals surface area contributed by atoms with Crippen molar-refractivity contribution in [1.29, 1.82) is 0 Å². The normalized spacial score (nSPS) is 17.9. The van der Waals surface area contributed by atoms with E-state index in [4.69, 9.17) is 9.47 Å². The van der Waals surface area contributed by atoms with Crippen molar-refractivity contribution in [2.75, 3.05) is 0 Å². The number of rotatable bonds is 4. The molecule has 0 spiro atoms. The number of alkyl carbamates (subject to hydrolysis) is 1. The van der Waals surface area contributed by atoms with E-state index in [9.17, 15) is 9.59 Å². The van der Waals surface area contributed by atoms with Crippen molar-refractivity contribution in [1.82, 2.24) is 5.32 Å². The number of ether oxygens (including phenoxy) is 2. The summed E-state index contributed by atoms with van der Waals surface area (Å²) in [6, 6.07) is -0.216. The van der Waals surface area contributed by atoms with Crippen LogP contribution in [0, 0.1) is 5.92 Å². The Morgan fingerprint density at radius 2 is 1.50 bits per heavy atom. The van der Waals surface area contributed by atoms with E-state index in [1.54, 1.807) is 0 Å². The van der Waals surface area contributed by atoms with E-state index in [2.05, 4.69) is 5.32 Å². The molecule has 22 heavy (non-hydrogen) atoms. The first-order chi connectivity index (χ1) is 9.96. The van der Waals surface area contributed by atoms with Gasteiger partial charge in [-0.15, -0.1) is 0 Å². The summed E-state index contributed by atoms with van der Waals surface area (Å²) in [5.41, 5.74) is -1.06. The lowest BCUT2D eigenvalue weighted by Crippen LogP contribution is -2.44. The van der Waals surface area contributed by atoms with Crippen LogP contribution in [0.15, 0.2) is 0 Å². The fraction of sp³-hybridized carbons (Fsp3) is 0.882. The molecule has 0 radical (unpaired) electrons. The SMILES string of the molecule is CC(C)(C)OC(=O)CC(NC(=O)OC(C)(C)C)C1CCCC1. The number of carbonyl (C=O) groups excluding carboxylic acids is 2. The molecule has 5 nitrogen and oxygen atoms in total. The van der Waals surface area contributed by atoms with Crippen LogP contribution in [-0.4, -0.2) is 29.3 Å². The third kappa shape index (κ3) is 7.66. The number of esters is 1.